The Balaban J connectivity index is 0.000000190. The van der Waals surface area contributed by atoms with Crippen molar-refractivity contribution in [1.29, 1.82) is 0 Å². The van der Waals surface area contributed by atoms with Gasteiger partial charge in [0.25, 0.3) is 0 Å². The molecule has 0 radical (unpaired) electrons. The van der Waals surface area contributed by atoms with Crippen LogP contribution >= 0.6 is 0 Å². The molecular weight excluding hydrogens is 1450 g/mol. The lowest BCUT2D eigenvalue weighted by Crippen LogP contribution is -2.06. The van der Waals surface area contributed by atoms with Crippen molar-refractivity contribution < 1.29 is 52.7 Å². The Labute approximate surface area is 678 Å². The van der Waals surface area contributed by atoms with Gasteiger partial charge in [0, 0.05) is 33.4 Å². The van der Waals surface area contributed by atoms with Crippen LogP contribution in [-0.2, 0) is 0 Å². The highest BCUT2D eigenvalue weighted by atomic mass is 19.2. The summed E-state index contributed by atoms with van der Waals surface area (Å²) in [4.78, 5) is 0. The number of hydrogen-bond acceptors (Lipinski definition) is 0. The van der Waals surface area contributed by atoms with Gasteiger partial charge in [0.05, 0.1) is 0 Å². The Kier molecular flexibility index (Phi) is 43.4. The first-order chi connectivity index (χ1) is 55.3. The highest BCUT2D eigenvalue weighted by molar-refractivity contribution is 5.71. The van der Waals surface area contributed by atoms with Crippen molar-refractivity contribution in [2.45, 2.75) is 311 Å². The first kappa shape index (κ1) is 94.1. The first-order valence-electron chi connectivity index (χ1n) is 44.1. The summed E-state index contributed by atoms with van der Waals surface area (Å²) in [7, 11) is 0. The molecule has 12 heteroatoms. The third kappa shape index (κ3) is 31.1. The third-order valence-corrected chi connectivity index (χ3v) is 24.3. The van der Waals surface area contributed by atoms with Gasteiger partial charge in [0.15, 0.2) is 69.8 Å². The highest BCUT2D eigenvalue weighted by Crippen LogP contribution is 2.41. The molecule has 6 aromatic rings. The summed E-state index contributed by atoms with van der Waals surface area (Å²) in [5, 5.41) is 0. The molecular formula is C102H132F12. The second kappa shape index (κ2) is 52.6. The minimum Gasteiger partial charge on any atom is -0.204 e. The molecule has 0 nitrogen and oxygen atoms in total. The van der Waals surface area contributed by atoms with E-state index in [4.69, 9.17) is 0 Å². The fourth-order valence-electron chi connectivity index (χ4n) is 17.0. The maximum absolute atomic E-state index is 13.8. The quantitative estimate of drug-likeness (QED) is 0.0311. The van der Waals surface area contributed by atoms with Gasteiger partial charge in [-0.25, -0.2) is 52.7 Å². The molecule has 6 aromatic carbocycles. The SMILES string of the molecule is CCC1CC=C(c2cccc(F)c2F)CC1.CCCC1CC=C(c2cccc(F)c2F)CC1.CCCCC1CC=C(c2cccc(F)c2F)CC1.CCCCCCC1CC=C(c2cccc(F)c2F)CC1.CCCCCCCC1CC=C(c2cccc(F)c2F)CC1.CCCCCCCCC1CC=C(c2cccc(F)c2F)CC1. The standard InChI is InChI=1S/C20H28F2.C19H26F2.C18H24F2.C16H20F2.C15H18F2.C14H16F2/c1-2-3-4-5-6-7-9-16-12-14-17(15-13-16)18-10-8-11-19(21)20(18)22;1-2-3-4-5-6-8-15-11-13-16(14-12-15)17-9-7-10-18(20)19(17)21;1-2-3-4-5-7-14-10-12-15(13-11-14)16-8-6-9-17(19)18(16)20;1-2-3-5-12-8-10-13(11-9-12)14-6-4-7-15(17)16(14)18;1-2-4-11-7-9-12(10-8-11)13-5-3-6-14(16)15(13)17;1-2-10-6-8-11(9-7-10)12-4-3-5-13(15)14(12)16/h8,10-11,14,16H,2-7,9,12-13,15H2,1H3;7,9-10,13,15H,2-6,8,11-12,14H2,1H3;6,8-9,12,14H,2-5,7,10-11,13H2,1H3;4,6-7,10,12H,2-3,5,8-9,11H2,1H3;3,5-6,9,11H,2,4,7-8,10H2,1H3;3-5,8,10H,2,6-7,9H2,1H3. The lowest BCUT2D eigenvalue weighted by Gasteiger charge is -2.22. The van der Waals surface area contributed by atoms with Crippen molar-refractivity contribution in [3.63, 3.8) is 0 Å². The van der Waals surface area contributed by atoms with Gasteiger partial charge >= 0.3 is 0 Å². The summed E-state index contributed by atoms with van der Waals surface area (Å²) in [6.07, 6.45) is 61.5. The van der Waals surface area contributed by atoms with E-state index in [1.165, 1.54) is 178 Å². The molecule has 0 spiro atoms. The molecule has 6 unspecified atom stereocenters. The third-order valence-electron chi connectivity index (χ3n) is 24.3. The molecule has 0 aromatic heterocycles. The minimum atomic E-state index is -0.754. The second-order valence-corrected chi connectivity index (χ2v) is 32.8. The number of rotatable bonds is 30. The summed E-state index contributed by atoms with van der Waals surface area (Å²) < 4.78 is 161. The lowest BCUT2D eigenvalue weighted by atomic mass is 9.83. The van der Waals surface area contributed by atoms with Crippen molar-refractivity contribution in [2.24, 2.45) is 35.5 Å². The Morgan fingerprint density at radius 2 is 0.404 bits per heavy atom. The Morgan fingerprint density at radius 1 is 0.211 bits per heavy atom. The van der Waals surface area contributed by atoms with Crippen molar-refractivity contribution in [3.05, 3.63) is 249 Å². The van der Waals surface area contributed by atoms with E-state index in [1.807, 2.05) is 0 Å². The van der Waals surface area contributed by atoms with E-state index in [0.29, 0.717) is 39.3 Å². The van der Waals surface area contributed by atoms with E-state index >= 15 is 0 Å². The van der Waals surface area contributed by atoms with Gasteiger partial charge in [-0.15, -0.1) is 0 Å². The number of allylic oxidation sites excluding steroid dienone is 12. The number of benzene rings is 6. The van der Waals surface area contributed by atoms with Crippen LogP contribution in [0.5, 0.6) is 0 Å². The zero-order valence-electron chi connectivity index (χ0n) is 69.6. The zero-order chi connectivity index (χ0) is 82.0. The van der Waals surface area contributed by atoms with Crippen molar-refractivity contribution in [3.8, 4) is 0 Å². The van der Waals surface area contributed by atoms with Crippen LogP contribution in [0.15, 0.2) is 146 Å². The Bertz CT molecular complexity index is 4020. The molecule has 0 heterocycles. The van der Waals surface area contributed by atoms with Gasteiger partial charge in [0.2, 0.25) is 0 Å². The maximum Gasteiger partial charge on any atom is 0.166 e. The monoisotopic (exact) mass is 1590 g/mol. The van der Waals surface area contributed by atoms with Gasteiger partial charge in [0.1, 0.15) is 0 Å². The van der Waals surface area contributed by atoms with E-state index < -0.39 is 69.8 Å². The molecule has 6 atom stereocenters. The van der Waals surface area contributed by atoms with Crippen LogP contribution in [0, 0.1) is 105 Å². The molecule has 6 aliphatic rings. The van der Waals surface area contributed by atoms with Gasteiger partial charge in [-0.1, -0.05) is 305 Å². The van der Waals surface area contributed by atoms with Gasteiger partial charge < -0.3 is 0 Å². The molecule has 0 fully saturated rings. The van der Waals surface area contributed by atoms with Gasteiger partial charge in [-0.3, -0.25) is 0 Å². The normalized spacial score (nSPS) is 19.3. The fourth-order valence-corrected chi connectivity index (χ4v) is 17.0. The minimum absolute atomic E-state index is 0.439. The second-order valence-electron chi connectivity index (χ2n) is 32.8. The molecule has 6 aliphatic carbocycles. The van der Waals surface area contributed by atoms with Crippen LogP contribution in [0.4, 0.5) is 52.7 Å². The summed E-state index contributed by atoms with van der Waals surface area (Å²) in [5.74, 6) is -4.32. The molecule has 0 N–H and O–H groups in total. The lowest BCUT2D eigenvalue weighted by molar-refractivity contribution is 0.422. The molecule has 0 amide bonds. The molecule has 0 saturated carbocycles. The van der Waals surface area contributed by atoms with E-state index in [2.05, 4.69) is 78.0 Å². The van der Waals surface area contributed by atoms with E-state index in [1.54, 1.807) is 72.8 Å². The molecule has 0 bridgehead atoms. The van der Waals surface area contributed by atoms with Crippen LogP contribution in [-0.4, -0.2) is 0 Å². The van der Waals surface area contributed by atoms with Gasteiger partial charge in [-0.05, 0) is 221 Å². The number of halogens is 12. The van der Waals surface area contributed by atoms with Crippen molar-refractivity contribution in [1.82, 2.24) is 0 Å². The molecule has 624 valence electrons. The van der Waals surface area contributed by atoms with Crippen molar-refractivity contribution in [2.75, 3.05) is 0 Å². The van der Waals surface area contributed by atoms with E-state index in [-0.39, 0.29) is 0 Å². The summed E-state index contributed by atoms with van der Waals surface area (Å²) in [6, 6.07) is 26.6. The van der Waals surface area contributed by atoms with Crippen LogP contribution < -0.4 is 0 Å². The molecule has 0 saturated heterocycles. The smallest absolute Gasteiger partial charge is 0.166 e. The fraction of sp³-hybridized carbons (Fsp3) is 0.529. The number of hydrogen-bond donors (Lipinski definition) is 0. The predicted molar refractivity (Wildman–Crippen MR) is 455 cm³/mol. The Hall–Kier alpha value is -7.08. The van der Waals surface area contributed by atoms with Crippen LogP contribution in [0.2, 0.25) is 0 Å². The largest absolute Gasteiger partial charge is 0.204 e. The first-order valence-corrected chi connectivity index (χ1v) is 44.1. The van der Waals surface area contributed by atoms with Crippen LogP contribution in [0.25, 0.3) is 33.4 Å². The van der Waals surface area contributed by atoms with Gasteiger partial charge in [-0.2, -0.15) is 0 Å². The van der Waals surface area contributed by atoms with E-state index in [0.717, 1.165) is 191 Å². The van der Waals surface area contributed by atoms with Crippen LogP contribution in [0.3, 0.4) is 0 Å². The summed E-state index contributed by atoms with van der Waals surface area (Å²) in [6.45, 7) is 13.3. The predicted octanol–water partition coefficient (Wildman–Crippen LogP) is 34.4. The van der Waals surface area contributed by atoms with Crippen molar-refractivity contribution >= 4 is 33.4 Å². The maximum atomic E-state index is 13.8. The van der Waals surface area contributed by atoms with Crippen LogP contribution in [0.1, 0.15) is 345 Å². The zero-order valence-corrected chi connectivity index (χ0v) is 69.6. The number of unbranched alkanes of at least 4 members (excludes halogenated alkanes) is 13. The highest BCUT2D eigenvalue weighted by Gasteiger charge is 2.25. The summed E-state index contributed by atoms with van der Waals surface area (Å²) in [5.41, 5.74) is 8.54. The average Bonchev–Trinajstić information content (AvgIpc) is 0.864. The molecule has 114 heavy (non-hydrogen) atoms. The summed E-state index contributed by atoms with van der Waals surface area (Å²) >= 11 is 0. The topological polar surface area (TPSA) is 0 Å². The molecule has 12 rings (SSSR count). The Morgan fingerprint density at radius 3 is 0.605 bits per heavy atom. The average molecular weight is 1590 g/mol. The molecule has 0 aliphatic heterocycles. The van der Waals surface area contributed by atoms with E-state index in [9.17, 15) is 52.7 Å².